The second kappa shape index (κ2) is 6.30. The summed E-state index contributed by atoms with van der Waals surface area (Å²) < 4.78 is 0. The zero-order valence-corrected chi connectivity index (χ0v) is 13.5. The summed E-state index contributed by atoms with van der Waals surface area (Å²) in [6.45, 7) is 1.75. The molecule has 1 atom stereocenters. The molecule has 122 valence electrons. The number of nitrogens with zero attached hydrogens (tertiary/aromatic N) is 3. The predicted molar refractivity (Wildman–Crippen MR) is 89.1 cm³/mol. The largest absolute Gasteiger partial charge is 0.336 e. The maximum absolute atomic E-state index is 12.8. The molecule has 1 unspecified atom stereocenters. The van der Waals surface area contributed by atoms with E-state index in [1.165, 1.54) is 38.5 Å². The van der Waals surface area contributed by atoms with E-state index in [2.05, 4.69) is 15.0 Å². The van der Waals surface area contributed by atoms with Crippen LogP contribution in [0.4, 0.5) is 0 Å². The van der Waals surface area contributed by atoms with Crippen molar-refractivity contribution in [3.8, 4) is 0 Å². The van der Waals surface area contributed by atoms with Gasteiger partial charge in [-0.05, 0) is 36.8 Å². The lowest BCUT2D eigenvalue weighted by Gasteiger charge is -2.38. The number of carbonyl (C=O) groups excluding carboxylic acids is 1. The van der Waals surface area contributed by atoms with Gasteiger partial charge < -0.3 is 9.88 Å². The summed E-state index contributed by atoms with van der Waals surface area (Å²) in [6.07, 6.45) is 10.9. The molecule has 4 rings (SSSR count). The summed E-state index contributed by atoms with van der Waals surface area (Å²) >= 11 is 0. The number of rotatable bonds is 2. The van der Waals surface area contributed by atoms with Gasteiger partial charge in [-0.3, -0.25) is 4.79 Å². The molecule has 5 heteroatoms. The van der Waals surface area contributed by atoms with Crippen LogP contribution in [-0.4, -0.2) is 38.8 Å². The smallest absolute Gasteiger partial charge is 0.289 e. The van der Waals surface area contributed by atoms with E-state index < -0.39 is 0 Å². The summed E-state index contributed by atoms with van der Waals surface area (Å²) in [6, 6.07) is 3.77. The van der Waals surface area contributed by atoms with Crippen molar-refractivity contribution in [2.24, 2.45) is 11.8 Å². The number of hydrogen-bond acceptors (Lipinski definition) is 3. The first-order valence-corrected chi connectivity index (χ1v) is 8.91. The number of pyridine rings is 1. The minimum Gasteiger partial charge on any atom is -0.336 e. The number of hydrogen-bond donors (Lipinski definition) is 1. The third-order valence-electron chi connectivity index (χ3n) is 5.52. The number of fused-ring (bicyclic) bond motifs is 1. The number of likely N-dealkylation sites (tertiary alicyclic amines) is 1. The van der Waals surface area contributed by atoms with E-state index in [1.807, 2.05) is 17.0 Å². The van der Waals surface area contributed by atoms with Gasteiger partial charge in [-0.2, -0.15) is 0 Å². The van der Waals surface area contributed by atoms with E-state index >= 15 is 0 Å². The highest BCUT2D eigenvalue weighted by atomic mass is 16.2. The molecular weight excluding hydrogens is 288 g/mol. The molecule has 1 saturated carbocycles. The maximum Gasteiger partial charge on any atom is 0.289 e. The van der Waals surface area contributed by atoms with Crippen molar-refractivity contribution >= 4 is 17.1 Å². The molecule has 0 bridgehead atoms. The topological polar surface area (TPSA) is 61.9 Å². The minimum atomic E-state index is 0.0310. The summed E-state index contributed by atoms with van der Waals surface area (Å²) in [7, 11) is 0. The molecule has 1 aliphatic heterocycles. The predicted octanol–water partition coefficient (Wildman–Crippen LogP) is 3.39. The first kappa shape index (κ1) is 14.7. The Morgan fingerprint density at radius 2 is 1.96 bits per heavy atom. The highest BCUT2D eigenvalue weighted by Crippen LogP contribution is 2.35. The first-order valence-electron chi connectivity index (χ1n) is 8.91. The molecule has 0 spiro atoms. The quantitative estimate of drug-likeness (QED) is 0.924. The summed E-state index contributed by atoms with van der Waals surface area (Å²) in [5.41, 5.74) is 1.45. The Labute approximate surface area is 136 Å². The van der Waals surface area contributed by atoms with E-state index in [9.17, 15) is 4.79 Å². The van der Waals surface area contributed by atoms with Crippen LogP contribution in [0.15, 0.2) is 18.3 Å². The van der Waals surface area contributed by atoms with Gasteiger partial charge in [0.05, 0.1) is 5.52 Å². The highest BCUT2D eigenvalue weighted by molar-refractivity contribution is 5.93. The van der Waals surface area contributed by atoms with Gasteiger partial charge in [0, 0.05) is 19.3 Å². The van der Waals surface area contributed by atoms with Crippen LogP contribution < -0.4 is 0 Å². The summed E-state index contributed by atoms with van der Waals surface area (Å²) in [4.78, 5) is 26.5. The third-order valence-corrected chi connectivity index (χ3v) is 5.52. The molecule has 2 aromatic heterocycles. The number of carbonyl (C=O) groups is 1. The average Bonchev–Trinajstić information content (AvgIpc) is 3.06. The van der Waals surface area contributed by atoms with Crippen molar-refractivity contribution in [1.29, 1.82) is 0 Å². The van der Waals surface area contributed by atoms with Crippen molar-refractivity contribution in [3.05, 3.63) is 24.2 Å². The van der Waals surface area contributed by atoms with Gasteiger partial charge >= 0.3 is 0 Å². The van der Waals surface area contributed by atoms with Crippen LogP contribution in [0.5, 0.6) is 0 Å². The van der Waals surface area contributed by atoms with Crippen LogP contribution in [0.25, 0.3) is 11.2 Å². The normalized spacial score (nSPS) is 23.3. The monoisotopic (exact) mass is 312 g/mol. The Morgan fingerprint density at radius 1 is 1.13 bits per heavy atom. The highest BCUT2D eigenvalue weighted by Gasteiger charge is 2.31. The third kappa shape index (κ3) is 2.96. The Kier molecular flexibility index (Phi) is 4.02. The van der Waals surface area contributed by atoms with Crippen molar-refractivity contribution in [2.45, 2.75) is 44.9 Å². The van der Waals surface area contributed by atoms with E-state index in [1.54, 1.807) is 6.20 Å². The van der Waals surface area contributed by atoms with Crippen LogP contribution in [0.2, 0.25) is 0 Å². The van der Waals surface area contributed by atoms with Gasteiger partial charge in [-0.1, -0.05) is 32.1 Å². The fourth-order valence-electron chi connectivity index (χ4n) is 4.28. The molecule has 2 aromatic rings. The van der Waals surface area contributed by atoms with Gasteiger partial charge in [0.1, 0.15) is 0 Å². The molecule has 23 heavy (non-hydrogen) atoms. The number of piperidine rings is 1. The van der Waals surface area contributed by atoms with Crippen LogP contribution in [0.1, 0.15) is 55.6 Å². The van der Waals surface area contributed by atoms with Crippen molar-refractivity contribution in [2.75, 3.05) is 13.1 Å². The number of amides is 1. The van der Waals surface area contributed by atoms with Crippen molar-refractivity contribution in [3.63, 3.8) is 0 Å². The fourth-order valence-corrected chi connectivity index (χ4v) is 4.28. The Morgan fingerprint density at radius 3 is 2.78 bits per heavy atom. The molecular formula is C18H24N4O. The van der Waals surface area contributed by atoms with E-state index in [0.29, 0.717) is 17.4 Å². The molecule has 2 aliphatic rings. The van der Waals surface area contributed by atoms with Gasteiger partial charge in [0.2, 0.25) is 0 Å². The Balaban J connectivity index is 1.48. The Bertz CT molecular complexity index is 656. The molecule has 1 aliphatic carbocycles. The standard InChI is InChI=1S/C18H24N4O/c23-18(17-20-15-9-4-10-19-16(15)21-17)22-11-5-8-14(12-22)13-6-2-1-3-7-13/h4,9-10,13-14H,1-3,5-8,11-12H2,(H,19,20,21). The zero-order valence-electron chi connectivity index (χ0n) is 13.5. The maximum atomic E-state index is 12.8. The van der Waals surface area contributed by atoms with Crippen molar-refractivity contribution in [1.82, 2.24) is 19.9 Å². The van der Waals surface area contributed by atoms with Gasteiger partial charge in [0.15, 0.2) is 11.5 Å². The van der Waals surface area contributed by atoms with Crippen LogP contribution >= 0.6 is 0 Å². The number of nitrogens with one attached hydrogen (secondary N) is 1. The fraction of sp³-hybridized carbons (Fsp3) is 0.611. The second-order valence-corrected chi connectivity index (χ2v) is 7.01. The minimum absolute atomic E-state index is 0.0310. The number of H-pyrrole nitrogens is 1. The molecule has 0 aromatic carbocycles. The first-order chi connectivity index (χ1) is 11.3. The molecule has 1 amide bonds. The van der Waals surface area contributed by atoms with Crippen LogP contribution in [0.3, 0.4) is 0 Å². The molecule has 1 N–H and O–H groups in total. The average molecular weight is 312 g/mol. The van der Waals surface area contributed by atoms with Crippen LogP contribution in [-0.2, 0) is 0 Å². The second-order valence-electron chi connectivity index (χ2n) is 7.01. The lowest BCUT2D eigenvalue weighted by Crippen LogP contribution is -2.42. The van der Waals surface area contributed by atoms with Gasteiger partial charge in [-0.15, -0.1) is 0 Å². The Hall–Kier alpha value is -1.91. The van der Waals surface area contributed by atoms with Gasteiger partial charge in [0.25, 0.3) is 5.91 Å². The van der Waals surface area contributed by atoms with E-state index in [-0.39, 0.29) is 5.91 Å². The molecule has 1 saturated heterocycles. The summed E-state index contributed by atoms with van der Waals surface area (Å²) in [5.74, 6) is 1.96. The zero-order chi connectivity index (χ0) is 15.6. The van der Waals surface area contributed by atoms with Crippen LogP contribution in [0, 0.1) is 11.8 Å². The molecule has 2 fully saturated rings. The number of imidazole rings is 1. The molecule has 3 heterocycles. The SMILES string of the molecule is O=C(c1nc2ncccc2[nH]1)N1CCCC(C2CCCCC2)C1. The number of aromatic amines is 1. The molecule has 5 nitrogen and oxygen atoms in total. The lowest BCUT2D eigenvalue weighted by molar-refractivity contribution is 0.0590. The van der Waals surface area contributed by atoms with E-state index in [4.69, 9.17) is 0 Å². The van der Waals surface area contributed by atoms with E-state index in [0.717, 1.165) is 30.9 Å². The lowest BCUT2D eigenvalue weighted by atomic mass is 9.76. The molecule has 0 radical (unpaired) electrons. The van der Waals surface area contributed by atoms with Crippen molar-refractivity contribution < 1.29 is 4.79 Å². The summed E-state index contributed by atoms with van der Waals surface area (Å²) in [5, 5.41) is 0. The number of aromatic nitrogens is 3. The van der Waals surface area contributed by atoms with Gasteiger partial charge in [-0.25, -0.2) is 9.97 Å².